The van der Waals surface area contributed by atoms with Crippen LogP contribution in [0, 0.1) is 6.92 Å². The second kappa shape index (κ2) is 9.95. The summed E-state index contributed by atoms with van der Waals surface area (Å²) in [6.07, 6.45) is 0. The van der Waals surface area contributed by atoms with Gasteiger partial charge in [0.05, 0.1) is 32.9 Å². The summed E-state index contributed by atoms with van der Waals surface area (Å²) in [5, 5.41) is 11.3. The summed E-state index contributed by atoms with van der Waals surface area (Å²) in [7, 11) is 8.39. The zero-order valence-corrected chi connectivity index (χ0v) is 19.8. The predicted molar refractivity (Wildman–Crippen MR) is 125 cm³/mol. The molecule has 0 bridgehead atoms. The van der Waals surface area contributed by atoms with Crippen LogP contribution in [-0.4, -0.2) is 75.1 Å². The van der Waals surface area contributed by atoms with Crippen LogP contribution >= 0.6 is 0 Å². The molecule has 1 N–H and O–H groups in total. The first-order valence-electron chi connectivity index (χ1n) is 10.5. The molecule has 2 aromatic carbocycles. The van der Waals surface area contributed by atoms with Crippen molar-refractivity contribution in [3.05, 3.63) is 58.7 Å². The molecule has 8 nitrogen and oxygen atoms in total. The quantitative estimate of drug-likeness (QED) is 0.373. The molecule has 1 fully saturated rings. The molecule has 176 valence electrons. The average molecular weight is 455 g/mol. The maximum absolute atomic E-state index is 13.2. The maximum atomic E-state index is 13.2. The van der Waals surface area contributed by atoms with E-state index in [0.29, 0.717) is 47.0 Å². The van der Waals surface area contributed by atoms with Crippen LogP contribution < -0.4 is 14.2 Å². The van der Waals surface area contributed by atoms with Crippen molar-refractivity contribution in [2.24, 2.45) is 0 Å². The Morgan fingerprint density at radius 3 is 2.21 bits per heavy atom. The van der Waals surface area contributed by atoms with Crippen molar-refractivity contribution in [1.82, 2.24) is 9.80 Å². The smallest absolute Gasteiger partial charge is 0.295 e. The van der Waals surface area contributed by atoms with E-state index in [4.69, 9.17) is 14.2 Å². The molecule has 0 saturated carbocycles. The number of hydrogen-bond donors (Lipinski definition) is 1. The fraction of sp³-hybridized carbons (Fsp3) is 0.360. The van der Waals surface area contributed by atoms with E-state index in [1.807, 2.05) is 19.0 Å². The van der Waals surface area contributed by atoms with E-state index >= 15 is 0 Å². The van der Waals surface area contributed by atoms with Gasteiger partial charge in [-0.1, -0.05) is 0 Å². The van der Waals surface area contributed by atoms with Gasteiger partial charge in [0.25, 0.3) is 11.7 Å². The molecule has 8 heteroatoms. The minimum Gasteiger partial charge on any atom is -0.507 e. The number of amides is 1. The summed E-state index contributed by atoms with van der Waals surface area (Å²) in [5.41, 5.74) is 1.73. The van der Waals surface area contributed by atoms with Gasteiger partial charge in [0.15, 0.2) is 0 Å². The Bertz CT molecular complexity index is 1090. The largest absolute Gasteiger partial charge is 0.507 e. The fourth-order valence-corrected chi connectivity index (χ4v) is 3.97. The van der Waals surface area contributed by atoms with Gasteiger partial charge in [0, 0.05) is 24.2 Å². The number of Topliss-reactive ketones (excluding diaryl/α,β-unsaturated/α-hetero) is 1. The van der Waals surface area contributed by atoms with Gasteiger partial charge in [0.1, 0.15) is 23.0 Å². The minimum atomic E-state index is -0.837. The molecule has 2 aromatic rings. The standard InChI is InChI=1S/C25H30N2O6/c1-15-13-16(31-4)7-9-18(15)23(28)21-22(19-14-17(32-5)8-10-20(19)33-6)27(12-11-26(2)3)25(30)24(21)29/h7-10,13-14,22,28H,11-12H2,1-6H3/b23-21+. The molecule has 1 unspecified atom stereocenters. The number of aliphatic hydroxyl groups excluding tert-OH is 1. The zero-order chi connectivity index (χ0) is 24.3. The Kier molecular flexibility index (Phi) is 7.28. The van der Waals surface area contributed by atoms with Crippen LogP contribution in [-0.2, 0) is 9.59 Å². The summed E-state index contributed by atoms with van der Waals surface area (Å²) in [4.78, 5) is 29.7. The molecule has 0 aliphatic carbocycles. The van der Waals surface area contributed by atoms with Gasteiger partial charge in [-0.15, -0.1) is 0 Å². The topological polar surface area (TPSA) is 88.5 Å². The Labute approximate surface area is 194 Å². The lowest BCUT2D eigenvalue weighted by Gasteiger charge is -2.28. The number of likely N-dealkylation sites (N-methyl/N-ethyl adjacent to an activating group) is 1. The lowest BCUT2D eigenvalue weighted by atomic mass is 9.93. The minimum absolute atomic E-state index is 0.0126. The fourth-order valence-electron chi connectivity index (χ4n) is 3.97. The van der Waals surface area contributed by atoms with E-state index < -0.39 is 17.7 Å². The molecule has 1 saturated heterocycles. The van der Waals surface area contributed by atoms with Gasteiger partial charge in [-0.2, -0.15) is 0 Å². The monoisotopic (exact) mass is 454 g/mol. The highest BCUT2D eigenvalue weighted by Gasteiger charge is 2.47. The summed E-state index contributed by atoms with van der Waals surface area (Å²) < 4.78 is 16.2. The van der Waals surface area contributed by atoms with Crippen LogP contribution in [0.3, 0.4) is 0 Å². The third kappa shape index (κ3) is 4.66. The second-order valence-corrected chi connectivity index (χ2v) is 8.08. The number of benzene rings is 2. The number of ether oxygens (including phenoxy) is 3. The normalized spacial score (nSPS) is 17.5. The van der Waals surface area contributed by atoms with E-state index in [-0.39, 0.29) is 11.3 Å². The van der Waals surface area contributed by atoms with Crippen molar-refractivity contribution >= 4 is 17.4 Å². The number of aliphatic hydroxyl groups is 1. The van der Waals surface area contributed by atoms with Crippen molar-refractivity contribution in [3.63, 3.8) is 0 Å². The molecular weight excluding hydrogens is 424 g/mol. The molecule has 0 spiro atoms. The Hall–Kier alpha value is -3.52. The maximum Gasteiger partial charge on any atom is 0.295 e. The molecule has 1 aliphatic rings. The highest BCUT2D eigenvalue weighted by molar-refractivity contribution is 6.46. The van der Waals surface area contributed by atoms with Crippen molar-refractivity contribution in [2.75, 3.05) is 48.5 Å². The van der Waals surface area contributed by atoms with Crippen LogP contribution in [0.4, 0.5) is 0 Å². The molecule has 0 radical (unpaired) electrons. The first-order valence-corrected chi connectivity index (χ1v) is 10.5. The van der Waals surface area contributed by atoms with Gasteiger partial charge in [0.2, 0.25) is 0 Å². The van der Waals surface area contributed by atoms with E-state index in [1.54, 1.807) is 50.4 Å². The molecule has 33 heavy (non-hydrogen) atoms. The zero-order valence-electron chi connectivity index (χ0n) is 19.8. The number of carbonyl (C=O) groups is 2. The van der Waals surface area contributed by atoms with E-state index in [9.17, 15) is 14.7 Å². The van der Waals surface area contributed by atoms with Gasteiger partial charge in [-0.25, -0.2) is 0 Å². The average Bonchev–Trinajstić information content (AvgIpc) is 3.06. The summed E-state index contributed by atoms with van der Waals surface area (Å²) >= 11 is 0. The Morgan fingerprint density at radius 2 is 1.64 bits per heavy atom. The van der Waals surface area contributed by atoms with Crippen molar-refractivity contribution in [1.29, 1.82) is 0 Å². The van der Waals surface area contributed by atoms with Crippen LogP contribution in [0.5, 0.6) is 17.2 Å². The first-order chi connectivity index (χ1) is 15.7. The number of ketones is 1. The highest BCUT2D eigenvalue weighted by atomic mass is 16.5. The SMILES string of the molecule is COc1ccc(/C(O)=C2\C(=O)C(=O)N(CCN(C)C)C2c2cc(OC)ccc2OC)c(C)c1. The number of hydrogen-bond acceptors (Lipinski definition) is 7. The third-order valence-corrected chi connectivity index (χ3v) is 5.75. The molecular formula is C25H30N2O6. The van der Waals surface area contributed by atoms with Crippen LogP contribution in [0.25, 0.3) is 5.76 Å². The lowest BCUT2D eigenvalue weighted by Crippen LogP contribution is -2.35. The first kappa shape index (κ1) is 24.1. The predicted octanol–water partition coefficient (Wildman–Crippen LogP) is 3.00. The summed E-state index contributed by atoms with van der Waals surface area (Å²) in [5.74, 6) is 0.00699. The van der Waals surface area contributed by atoms with Crippen molar-refractivity contribution in [3.8, 4) is 17.2 Å². The number of aryl methyl sites for hydroxylation is 1. The molecule has 1 heterocycles. The molecule has 1 aliphatic heterocycles. The van der Waals surface area contributed by atoms with E-state index in [0.717, 1.165) is 0 Å². The van der Waals surface area contributed by atoms with Gasteiger partial charge in [-0.05, 0) is 63.0 Å². The lowest BCUT2D eigenvalue weighted by molar-refractivity contribution is -0.140. The molecule has 1 atom stereocenters. The van der Waals surface area contributed by atoms with Crippen LogP contribution in [0.15, 0.2) is 42.0 Å². The molecule has 3 rings (SSSR count). The molecule has 0 aromatic heterocycles. The Balaban J connectivity index is 2.26. The van der Waals surface area contributed by atoms with Gasteiger partial charge in [-0.3, -0.25) is 9.59 Å². The van der Waals surface area contributed by atoms with E-state index in [1.165, 1.54) is 19.1 Å². The summed E-state index contributed by atoms with van der Waals surface area (Å²) in [6.45, 7) is 2.64. The Morgan fingerprint density at radius 1 is 1.00 bits per heavy atom. The highest BCUT2D eigenvalue weighted by Crippen LogP contribution is 2.44. The second-order valence-electron chi connectivity index (χ2n) is 8.08. The summed E-state index contributed by atoms with van der Waals surface area (Å²) in [6, 6.07) is 9.49. The molecule has 1 amide bonds. The number of methoxy groups -OCH3 is 3. The van der Waals surface area contributed by atoms with Gasteiger partial charge < -0.3 is 29.1 Å². The van der Waals surface area contributed by atoms with E-state index in [2.05, 4.69) is 0 Å². The van der Waals surface area contributed by atoms with Gasteiger partial charge >= 0.3 is 0 Å². The van der Waals surface area contributed by atoms with Crippen LogP contribution in [0.1, 0.15) is 22.7 Å². The number of likely N-dealkylation sites (tertiary alicyclic amines) is 1. The van der Waals surface area contributed by atoms with Crippen molar-refractivity contribution in [2.45, 2.75) is 13.0 Å². The van der Waals surface area contributed by atoms with Crippen molar-refractivity contribution < 1.29 is 28.9 Å². The number of rotatable bonds is 8. The number of carbonyl (C=O) groups excluding carboxylic acids is 2. The number of nitrogens with zero attached hydrogens (tertiary/aromatic N) is 2. The van der Waals surface area contributed by atoms with Crippen LogP contribution in [0.2, 0.25) is 0 Å². The third-order valence-electron chi connectivity index (χ3n) is 5.75.